The van der Waals surface area contributed by atoms with Crippen LogP contribution in [0.5, 0.6) is 5.75 Å². The van der Waals surface area contributed by atoms with E-state index >= 15 is 0 Å². The van der Waals surface area contributed by atoms with Gasteiger partial charge in [0.05, 0.1) is 29.9 Å². The van der Waals surface area contributed by atoms with E-state index in [0.29, 0.717) is 23.3 Å². The van der Waals surface area contributed by atoms with Crippen LogP contribution in [-0.4, -0.2) is 41.5 Å². The zero-order chi connectivity index (χ0) is 22.9. The highest BCUT2D eigenvalue weighted by Crippen LogP contribution is 2.35. The molecule has 2 aromatic rings. The fourth-order valence-electron chi connectivity index (χ4n) is 5.09. The zero-order valence-electron chi connectivity index (χ0n) is 19.5. The molecule has 2 heterocycles. The molecule has 6 heteroatoms. The Morgan fingerprint density at radius 3 is 2.62 bits per heavy atom. The van der Waals surface area contributed by atoms with Crippen LogP contribution in [0, 0.1) is 11.8 Å². The lowest BCUT2D eigenvalue weighted by molar-refractivity contribution is 0.0767. The summed E-state index contributed by atoms with van der Waals surface area (Å²) in [5, 5.41) is 26.3. The molecule has 1 aliphatic rings. The minimum atomic E-state index is -0.639. The number of piperidine rings is 1. The number of nitrogens with zero attached hydrogens (tertiary/aromatic N) is 1. The lowest BCUT2D eigenvalue weighted by atomic mass is 9.86. The second-order valence-electron chi connectivity index (χ2n) is 9.24. The van der Waals surface area contributed by atoms with E-state index in [0.717, 1.165) is 86.7 Å². The van der Waals surface area contributed by atoms with E-state index in [9.17, 15) is 10.2 Å². The van der Waals surface area contributed by atoms with Crippen LogP contribution in [0.4, 0.5) is 0 Å². The van der Waals surface area contributed by atoms with E-state index in [-0.39, 0.29) is 6.10 Å². The standard InChI is InChI=1S/C26H39ClN2O3/c1-3-5-18(6-4-7-24(30)19-12-14-28-15-13-19)8-11-25(31)26-21-16-20(32-2)9-10-23(21)29-17-22(26)27/h9-10,16-19,24-25,28,30-31H,3-8,11-15H2,1-2H3/t18?,24-,25+/m0/s1. The van der Waals surface area contributed by atoms with E-state index in [1.54, 1.807) is 13.3 Å². The fourth-order valence-corrected chi connectivity index (χ4v) is 5.37. The maximum atomic E-state index is 11.1. The van der Waals surface area contributed by atoms with Gasteiger partial charge in [0.15, 0.2) is 0 Å². The van der Waals surface area contributed by atoms with Crippen molar-refractivity contribution < 1.29 is 14.9 Å². The van der Waals surface area contributed by atoms with Crippen molar-refractivity contribution in [1.82, 2.24) is 10.3 Å². The smallest absolute Gasteiger partial charge is 0.119 e. The summed E-state index contributed by atoms with van der Waals surface area (Å²) in [5.74, 6) is 1.73. The van der Waals surface area contributed by atoms with Crippen LogP contribution in [-0.2, 0) is 0 Å². The third-order valence-electron chi connectivity index (χ3n) is 6.99. The topological polar surface area (TPSA) is 74.6 Å². The maximum absolute atomic E-state index is 11.1. The van der Waals surface area contributed by atoms with Gasteiger partial charge in [-0.2, -0.15) is 0 Å². The molecule has 32 heavy (non-hydrogen) atoms. The summed E-state index contributed by atoms with van der Waals surface area (Å²) >= 11 is 6.47. The molecule has 1 aromatic carbocycles. The predicted octanol–water partition coefficient (Wildman–Crippen LogP) is 5.66. The van der Waals surface area contributed by atoms with Gasteiger partial charge >= 0.3 is 0 Å². The fraction of sp³-hybridized carbons (Fsp3) is 0.654. The number of hydrogen-bond acceptors (Lipinski definition) is 5. The van der Waals surface area contributed by atoms with Gasteiger partial charge in [0.1, 0.15) is 5.75 Å². The first-order valence-corrected chi connectivity index (χ1v) is 12.6. The summed E-state index contributed by atoms with van der Waals surface area (Å²) < 4.78 is 5.36. The van der Waals surface area contributed by atoms with Gasteiger partial charge in [-0.3, -0.25) is 4.98 Å². The molecule has 0 amide bonds. The summed E-state index contributed by atoms with van der Waals surface area (Å²) in [7, 11) is 1.63. The lowest BCUT2D eigenvalue weighted by Gasteiger charge is -2.27. The summed E-state index contributed by atoms with van der Waals surface area (Å²) in [6.45, 7) is 4.26. The van der Waals surface area contributed by atoms with Gasteiger partial charge in [0.2, 0.25) is 0 Å². The molecule has 0 saturated carbocycles. The highest BCUT2D eigenvalue weighted by atomic mass is 35.5. The second kappa shape index (κ2) is 12.7. The van der Waals surface area contributed by atoms with E-state index in [1.807, 2.05) is 18.2 Å². The minimum Gasteiger partial charge on any atom is -0.497 e. The zero-order valence-corrected chi connectivity index (χ0v) is 20.3. The Morgan fingerprint density at radius 1 is 1.12 bits per heavy atom. The van der Waals surface area contributed by atoms with Crippen LogP contribution >= 0.6 is 11.6 Å². The molecule has 178 valence electrons. The molecule has 3 N–H and O–H groups in total. The number of hydrogen-bond donors (Lipinski definition) is 3. The Labute approximate surface area is 197 Å². The molecule has 3 rings (SSSR count). The average molecular weight is 463 g/mol. The molecule has 0 bridgehead atoms. The Morgan fingerprint density at radius 2 is 1.91 bits per heavy atom. The summed E-state index contributed by atoms with van der Waals surface area (Å²) in [4.78, 5) is 4.39. The van der Waals surface area contributed by atoms with Crippen molar-refractivity contribution in [2.24, 2.45) is 11.8 Å². The number of rotatable bonds is 12. The van der Waals surface area contributed by atoms with Gasteiger partial charge in [-0.15, -0.1) is 0 Å². The molecule has 1 saturated heterocycles. The Balaban J connectivity index is 1.57. The third-order valence-corrected chi connectivity index (χ3v) is 7.29. The number of methoxy groups -OCH3 is 1. The number of aromatic nitrogens is 1. The number of fused-ring (bicyclic) bond motifs is 1. The number of nitrogens with one attached hydrogen (secondary N) is 1. The van der Waals surface area contributed by atoms with Crippen LogP contribution < -0.4 is 10.1 Å². The van der Waals surface area contributed by atoms with Gasteiger partial charge in [-0.25, -0.2) is 0 Å². The minimum absolute atomic E-state index is 0.179. The van der Waals surface area contributed by atoms with Crippen molar-refractivity contribution in [2.75, 3.05) is 20.2 Å². The molecule has 1 aromatic heterocycles. The predicted molar refractivity (Wildman–Crippen MR) is 131 cm³/mol. The highest BCUT2D eigenvalue weighted by molar-refractivity contribution is 6.32. The van der Waals surface area contributed by atoms with E-state index in [4.69, 9.17) is 16.3 Å². The normalized spacial score (nSPS) is 17.9. The second-order valence-corrected chi connectivity index (χ2v) is 9.64. The number of ether oxygens (including phenoxy) is 1. The van der Waals surface area contributed by atoms with Crippen molar-refractivity contribution in [1.29, 1.82) is 0 Å². The van der Waals surface area contributed by atoms with E-state index in [1.165, 1.54) is 0 Å². The van der Waals surface area contributed by atoms with Crippen LogP contribution in [0.15, 0.2) is 24.4 Å². The van der Waals surface area contributed by atoms with Crippen LogP contribution in [0.1, 0.15) is 76.4 Å². The summed E-state index contributed by atoms with van der Waals surface area (Å²) in [6.07, 6.45) is 9.89. The Kier molecular flexibility index (Phi) is 10.0. The van der Waals surface area contributed by atoms with Crippen LogP contribution in [0.3, 0.4) is 0 Å². The monoisotopic (exact) mass is 462 g/mol. The summed E-state index contributed by atoms with van der Waals surface area (Å²) in [5.41, 5.74) is 1.55. The number of aliphatic hydroxyl groups excluding tert-OH is 2. The maximum Gasteiger partial charge on any atom is 0.119 e. The molecule has 0 aliphatic carbocycles. The number of halogens is 1. The number of pyridine rings is 1. The largest absolute Gasteiger partial charge is 0.497 e. The van der Waals surface area contributed by atoms with Crippen LogP contribution in [0.2, 0.25) is 5.02 Å². The number of benzene rings is 1. The molecule has 5 nitrogen and oxygen atoms in total. The first-order valence-electron chi connectivity index (χ1n) is 12.2. The molecular weight excluding hydrogens is 424 g/mol. The molecule has 1 unspecified atom stereocenters. The Hall–Kier alpha value is -1.40. The average Bonchev–Trinajstić information content (AvgIpc) is 2.82. The van der Waals surface area contributed by atoms with Crippen molar-refractivity contribution in [2.45, 2.75) is 76.9 Å². The van der Waals surface area contributed by atoms with Gasteiger partial charge in [0, 0.05) is 17.1 Å². The molecule has 0 spiro atoms. The first kappa shape index (κ1) is 25.2. The highest BCUT2D eigenvalue weighted by Gasteiger charge is 2.22. The van der Waals surface area contributed by atoms with E-state index in [2.05, 4.69) is 17.2 Å². The van der Waals surface area contributed by atoms with Gasteiger partial charge < -0.3 is 20.3 Å². The van der Waals surface area contributed by atoms with Gasteiger partial charge in [0.25, 0.3) is 0 Å². The van der Waals surface area contributed by atoms with Gasteiger partial charge in [-0.05, 0) is 75.2 Å². The molecular formula is C26H39ClN2O3. The van der Waals surface area contributed by atoms with Crippen molar-refractivity contribution in [3.63, 3.8) is 0 Å². The molecule has 0 radical (unpaired) electrons. The molecule has 3 atom stereocenters. The van der Waals surface area contributed by atoms with Crippen molar-refractivity contribution >= 4 is 22.5 Å². The molecule has 1 aliphatic heterocycles. The summed E-state index contributed by atoms with van der Waals surface area (Å²) in [6, 6.07) is 5.67. The van der Waals surface area contributed by atoms with Crippen molar-refractivity contribution in [3.05, 3.63) is 35.0 Å². The van der Waals surface area contributed by atoms with Crippen LogP contribution in [0.25, 0.3) is 10.9 Å². The molecule has 1 fully saturated rings. The van der Waals surface area contributed by atoms with Crippen molar-refractivity contribution in [3.8, 4) is 5.75 Å². The Bertz CT molecular complexity index is 841. The SMILES string of the molecule is CCCC(CCC[C@H](O)C1CCNCC1)CC[C@@H](O)c1c(Cl)cnc2ccc(OC)cc12. The quantitative estimate of drug-likeness (QED) is 0.379. The third kappa shape index (κ3) is 6.80. The number of aliphatic hydroxyl groups is 2. The van der Waals surface area contributed by atoms with E-state index < -0.39 is 6.10 Å². The lowest BCUT2D eigenvalue weighted by Crippen LogP contribution is -2.34. The van der Waals surface area contributed by atoms with Gasteiger partial charge in [-0.1, -0.05) is 44.2 Å². The first-order chi connectivity index (χ1) is 15.5.